The smallest absolute Gasteiger partial charge is 0.309 e. The van der Waals surface area contributed by atoms with Crippen LogP contribution in [0.2, 0.25) is 0 Å². The van der Waals surface area contributed by atoms with Crippen LogP contribution in [-0.2, 0) is 11.8 Å². The zero-order chi connectivity index (χ0) is 26.2. The van der Waals surface area contributed by atoms with Gasteiger partial charge < -0.3 is 20.0 Å². The zero-order valence-electron chi connectivity index (χ0n) is 21.7. The number of aromatic nitrogens is 6. The Morgan fingerprint density at radius 2 is 2.05 bits per heavy atom. The summed E-state index contributed by atoms with van der Waals surface area (Å²) in [5.74, 6) is 0.529. The van der Waals surface area contributed by atoms with Gasteiger partial charge in [0.15, 0.2) is 0 Å². The van der Waals surface area contributed by atoms with E-state index >= 15 is 0 Å². The number of hydrogen-bond acceptors (Lipinski definition) is 9. The Bertz CT molecular complexity index is 1420. The molecular weight excluding hydrogens is 470 g/mol. The van der Waals surface area contributed by atoms with Gasteiger partial charge in [-0.15, -0.1) is 10.2 Å². The molecular formula is C26H31N9O2. The first-order chi connectivity index (χ1) is 17.7. The molecule has 1 unspecified atom stereocenters. The SMILES string of the molecule is Cc1[nH]ncc1Nc1nccc(-c2ccc3c(c2)CCN(C)CC3NC(=O)c2nnc(C(C)(C)C)o2)n1. The molecule has 192 valence electrons. The summed E-state index contributed by atoms with van der Waals surface area (Å²) >= 11 is 0. The maximum atomic E-state index is 13.0. The molecule has 1 aromatic carbocycles. The summed E-state index contributed by atoms with van der Waals surface area (Å²) in [5, 5.41) is 21.3. The van der Waals surface area contributed by atoms with E-state index in [2.05, 4.69) is 60.1 Å². The van der Waals surface area contributed by atoms with Crippen LogP contribution in [0.25, 0.3) is 11.3 Å². The van der Waals surface area contributed by atoms with E-state index in [-0.39, 0.29) is 23.3 Å². The Morgan fingerprint density at radius 3 is 2.78 bits per heavy atom. The average Bonchev–Trinajstić information content (AvgIpc) is 3.49. The Kier molecular flexibility index (Phi) is 6.46. The third-order valence-electron chi connectivity index (χ3n) is 6.37. The molecule has 0 spiro atoms. The highest BCUT2D eigenvalue weighted by atomic mass is 16.4. The molecule has 0 saturated carbocycles. The number of aromatic amines is 1. The fourth-order valence-corrected chi connectivity index (χ4v) is 4.27. The molecule has 1 aliphatic heterocycles. The van der Waals surface area contributed by atoms with E-state index in [9.17, 15) is 4.79 Å². The minimum Gasteiger partial charge on any atom is -0.416 e. The number of rotatable bonds is 5. The Balaban J connectivity index is 1.39. The molecule has 1 amide bonds. The molecule has 37 heavy (non-hydrogen) atoms. The molecule has 3 N–H and O–H groups in total. The van der Waals surface area contributed by atoms with Crippen molar-refractivity contribution in [2.24, 2.45) is 0 Å². The number of fused-ring (bicyclic) bond motifs is 1. The maximum Gasteiger partial charge on any atom is 0.309 e. The molecule has 5 rings (SSSR count). The molecule has 3 aromatic heterocycles. The zero-order valence-corrected chi connectivity index (χ0v) is 21.7. The standard InChI is InChI=1S/C26H31N9O2/c1-15-20(13-28-32-15)31-25-27-10-8-19(30-25)17-6-7-18-16(12-17)9-11-35(5)14-21(18)29-22(36)23-33-34-24(37-23)26(2,3)4/h6-8,10,12-13,21H,9,11,14H2,1-5H3,(H,28,32)(H,29,36)(H,27,30,31). The van der Waals surface area contributed by atoms with Crippen LogP contribution in [0.4, 0.5) is 11.6 Å². The highest BCUT2D eigenvalue weighted by Gasteiger charge is 2.28. The van der Waals surface area contributed by atoms with Gasteiger partial charge in [-0.3, -0.25) is 9.89 Å². The largest absolute Gasteiger partial charge is 0.416 e. The summed E-state index contributed by atoms with van der Waals surface area (Å²) in [6, 6.07) is 7.91. The lowest BCUT2D eigenvalue weighted by atomic mass is 9.96. The van der Waals surface area contributed by atoms with Gasteiger partial charge in [0.25, 0.3) is 0 Å². The van der Waals surface area contributed by atoms with Gasteiger partial charge in [-0.2, -0.15) is 5.10 Å². The van der Waals surface area contributed by atoms with Crippen molar-refractivity contribution in [3.63, 3.8) is 0 Å². The predicted molar refractivity (Wildman–Crippen MR) is 138 cm³/mol. The lowest BCUT2D eigenvalue weighted by Crippen LogP contribution is -2.35. The van der Waals surface area contributed by atoms with Gasteiger partial charge in [0, 0.05) is 30.3 Å². The average molecular weight is 502 g/mol. The summed E-state index contributed by atoms with van der Waals surface area (Å²) in [5.41, 5.74) is 5.42. The van der Waals surface area contributed by atoms with Crippen LogP contribution < -0.4 is 10.6 Å². The van der Waals surface area contributed by atoms with Crippen molar-refractivity contribution in [2.75, 3.05) is 25.5 Å². The summed E-state index contributed by atoms with van der Waals surface area (Å²) in [4.78, 5) is 24.3. The molecule has 0 aliphatic carbocycles. The number of benzene rings is 1. The van der Waals surface area contributed by atoms with E-state index in [1.165, 1.54) is 0 Å². The van der Waals surface area contributed by atoms with Gasteiger partial charge in [-0.1, -0.05) is 32.9 Å². The van der Waals surface area contributed by atoms with E-state index < -0.39 is 0 Å². The number of carbonyl (C=O) groups excluding carboxylic acids is 1. The second-order valence-corrected chi connectivity index (χ2v) is 10.4. The Labute approximate surface area is 215 Å². The second-order valence-electron chi connectivity index (χ2n) is 10.4. The van der Waals surface area contributed by atoms with Gasteiger partial charge >= 0.3 is 11.8 Å². The lowest BCUT2D eigenvalue weighted by Gasteiger charge is -2.22. The molecule has 11 nitrogen and oxygen atoms in total. The summed E-state index contributed by atoms with van der Waals surface area (Å²) in [6.45, 7) is 9.36. The molecule has 0 bridgehead atoms. The molecule has 1 aliphatic rings. The first-order valence-electron chi connectivity index (χ1n) is 12.2. The molecule has 11 heteroatoms. The predicted octanol–water partition coefficient (Wildman–Crippen LogP) is 3.56. The van der Waals surface area contributed by atoms with Crippen LogP contribution in [0.5, 0.6) is 0 Å². The fourth-order valence-electron chi connectivity index (χ4n) is 4.27. The summed E-state index contributed by atoms with van der Waals surface area (Å²) in [6.07, 6.45) is 4.29. The first kappa shape index (κ1) is 24.6. The van der Waals surface area contributed by atoms with E-state index in [1.54, 1.807) is 12.4 Å². The van der Waals surface area contributed by atoms with Gasteiger partial charge in [0.1, 0.15) is 0 Å². The number of hydrogen-bond donors (Lipinski definition) is 3. The molecule has 0 saturated heterocycles. The third-order valence-corrected chi connectivity index (χ3v) is 6.37. The second kappa shape index (κ2) is 9.74. The van der Waals surface area contributed by atoms with Crippen LogP contribution in [0.3, 0.4) is 0 Å². The molecule has 1 atom stereocenters. The number of nitrogens with one attached hydrogen (secondary N) is 3. The van der Waals surface area contributed by atoms with E-state index in [1.807, 2.05) is 39.8 Å². The van der Waals surface area contributed by atoms with Crippen LogP contribution in [0.15, 0.2) is 41.1 Å². The minimum atomic E-state index is -0.376. The summed E-state index contributed by atoms with van der Waals surface area (Å²) in [7, 11) is 2.05. The van der Waals surface area contributed by atoms with Crippen LogP contribution in [0, 0.1) is 6.92 Å². The van der Waals surface area contributed by atoms with E-state index in [0.717, 1.165) is 46.7 Å². The quantitative estimate of drug-likeness (QED) is 0.375. The number of nitrogens with zero attached hydrogens (tertiary/aromatic N) is 6. The van der Waals surface area contributed by atoms with Crippen molar-refractivity contribution in [3.05, 3.63) is 65.3 Å². The maximum absolute atomic E-state index is 13.0. The highest BCUT2D eigenvalue weighted by Crippen LogP contribution is 2.29. The van der Waals surface area contributed by atoms with Gasteiger partial charge in [0.05, 0.1) is 29.3 Å². The van der Waals surface area contributed by atoms with Crippen molar-refractivity contribution >= 4 is 17.5 Å². The van der Waals surface area contributed by atoms with Crippen LogP contribution in [0.1, 0.15) is 60.2 Å². The molecule has 4 heterocycles. The number of aryl methyl sites for hydroxylation is 1. The number of anilines is 2. The topological polar surface area (TPSA) is 138 Å². The van der Waals surface area contributed by atoms with Crippen molar-refractivity contribution < 1.29 is 9.21 Å². The highest BCUT2D eigenvalue weighted by molar-refractivity contribution is 5.89. The Morgan fingerprint density at radius 1 is 1.22 bits per heavy atom. The van der Waals surface area contributed by atoms with E-state index in [4.69, 9.17) is 9.40 Å². The van der Waals surface area contributed by atoms with Crippen LogP contribution >= 0.6 is 0 Å². The number of H-pyrrole nitrogens is 1. The van der Waals surface area contributed by atoms with Crippen molar-refractivity contribution in [3.8, 4) is 11.3 Å². The first-order valence-corrected chi connectivity index (χ1v) is 12.2. The Hall–Kier alpha value is -4.12. The monoisotopic (exact) mass is 501 g/mol. The van der Waals surface area contributed by atoms with Crippen LogP contribution in [-0.4, -0.2) is 61.3 Å². The third kappa shape index (κ3) is 5.36. The lowest BCUT2D eigenvalue weighted by molar-refractivity contribution is 0.0890. The van der Waals surface area contributed by atoms with Crippen molar-refractivity contribution in [1.82, 2.24) is 40.6 Å². The van der Waals surface area contributed by atoms with Gasteiger partial charge in [-0.25, -0.2) is 9.97 Å². The number of amides is 1. The van der Waals surface area contributed by atoms with Crippen molar-refractivity contribution in [2.45, 2.75) is 45.6 Å². The summed E-state index contributed by atoms with van der Waals surface area (Å²) < 4.78 is 5.66. The molecule has 0 radical (unpaired) electrons. The van der Waals surface area contributed by atoms with Gasteiger partial charge in [0.2, 0.25) is 11.8 Å². The van der Waals surface area contributed by atoms with Crippen molar-refractivity contribution in [1.29, 1.82) is 0 Å². The molecule has 4 aromatic rings. The minimum absolute atomic E-state index is 0.0242. The molecule has 0 fully saturated rings. The number of likely N-dealkylation sites (N-methyl/N-ethyl adjacent to an activating group) is 1. The van der Waals surface area contributed by atoms with Gasteiger partial charge in [-0.05, 0) is 43.7 Å². The number of carbonyl (C=O) groups is 1. The van der Waals surface area contributed by atoms with E-state index in [0.29, 0.717) is 18.4 Å². The normalized spacial score (nSPS) is 16.2. The fraction of sp³-hybridized carbons (Fsp3) is 0.385.